The minimum Gasteiger partial charge on any atom is -0.326 e. The SMILES string of the molecule is O=C(CC(=O)Nc1ccc(F)c(F)c1)Nc1cccc(C(F)(F)F)c1. The molecule has 4 nitrogen and oxygen atoms in total. The van der Waals surface area contributed by atoms with Gasteiger partial charge in [-0.2, -0.15) is 13.2 Å². The van der Waals surface area contributed by atoms with Crippen molar-refractivity contribution in [1.29, 1.82) is 0 Å². The van der Waals surface area contributed by atoms with E-state index in [2.05, 4.69) is 10.6 Å². The zero-order valence-corrected chi connectivity index (χ0v) is 12.5. The maximum Gasteiger partial charge on any atom is 0.416 e. The average molecular weight is 358 g/mol. The molecule has 0 fully saturated rings. The topological polar surface area (TPSA) is 58.2 Å². The van der Waals surface area contributed by atoms with Crippen LogP contribution < -0.4 is 10.6 Å². The molecular weight excluding hydrogens is 347 g/mol. The Bertz CT molecular complexity index is 805. The number of rotatable bonds is 4. The zero-order valence-electron chi connectivity index (χ0n) is 12.5. The van der Waals surface area contributed by atoms with Crippen LogP contribution in [0.1, 0.15) is 12.0 Å². The van der Waals surface area contributed by atoms with E-state index in [1.165, 1.54) is 6.07 Å². The number of hydrogen-bond acceptors (Lipinski definition) is 2. The molecule has 2 aromatic rings. The monoisotopic (exact) mass is 358 g/mol. The van der Waals surface area contributed by atoms with E-state index in [0.29, 0.717) is 0 Å². The Balaban J connectivity index is 1.95. The van der Waals surface area contributed by atoms with Crippen LogP contribution in [-0.2, 0) is 15.8 Å². The first kappa shape index (κ1) is 18.4. The van der Waals surface area contributed by atoms with Crippen LogP contribution >= 0.6 is 0 Å². The summed E-state index contributed by atoms with van der Waals surface area (Å²) < 4.78 is 63.5. The van der Waals surface area contributed by atoms with E-state index in [1.54, 1.807) is 0 Å². The number of nitrogens with one attached hydrogen (secondary N) is 2. The number of halogens is 5. The number of carbonyl (C=O) groups is 2. The van der Waals surface area contributed by atoms with Crippen LogP contribution in [0, 0.1) is 11.6 Å². The molecule has 0 aromatic heterocycles. The van der Waals surface area contributed by atoms with Gasteiger partial charge in [-0.05, 0) is 30.3 Å². The lowest BCUT2D eigenvalue weighted by Crippen LogP contribution is -2.21. The molecule has 2 rings (SSSR count). The second-order valence-corrected chi connectivity index (χ2v) is 4.98. The third kappa shape index (κ3) is 5.27. The maximum atomic E-state index is 13.0. The minimum atomic E-state index is -4.56. The number of anilines is 2. The van der Waals surface area contributed by atoms with Gasteiger partial charge < -0.3 is 10.6 Å². The third-order valence-corrected chi connectivity index (χ3v) is 3.00. The van der Waals surface area contributed by atoms with Gasteiger partial charge in [-0.25, -0.2) is 8.78 Å². The van der Waals surface area contributed by atoms with Crippen molar-refractivity contribution in [3.8, 4) is 0 Å². The average Bonchev–Trinajstić information content (AvgIpc) is 2.50. The number of amides is 2. The lowest BCUT2D eigenvalue weighted by molar-refractivity contribution is -0.137. The standard InChI is InChI=1S/C16H11F5N2O2/c17-12-5-4-11(7-13(12)18)23-15(25)8-14(24)22-10-3-1-2-9(6-10)16(19,20)21/h1-7H,8H2,(H,22,24)(H,23,25). The minimum absolute atomic E-state index is 0.0595. The number of hydrogen-bond donors (Lipinski definition) is 2. The lowest BCUT2D eigenvalue weighted by Gasteiger charge is -2.10. The Morgan fingerprint density at radius 2 is 1.44 bits per heavy atom. The van der Waals surface area contributed by atoms with Crippen molar-refractivity contribution in [2.24, 2.45) is 0 Å². The highest BCUT2D eigenvalue weighted by Gasteiger charge is 2.30. The van der Waals surface area contributed by atoms with Gasteiger partial charge in [-0.3, -0.25) is 9.59 Å². The lowest BCUT2D eigenvalue weighted by atomic mass is 10.2. The second-order valence-electron chi connectivity index (χ2n) is 4.98. The summed E-state index contributed by atoms with van der Waals surface area (Å²) in [7, 11) is 0. The van der Waals surface area contributed by atoms with Gasteiger partial charge in [0.05, 0.1) is 5.56 Å². The van der Waals surface area contributed by atoms with Crippen molar-refractivity contribution in [2.45, 2.75) is 12.6 Å². The van der Waals surface area contributed by atoms with E-state index >= 15 is 0 Å². The summed E-state index contributed by atoms with van der Waals surface area (Å²) in [6.45, 7) is 0. The van der Waals surface area contributed by atoms with Crippen LogP contribution in [-0.4, -0.2) is 11.8 Å². The van der Waals surface area contributed by atoms with Crippen LogP contribution in [0.5, 0.6) is 0 Å². The third-order valence-electron chi connectivity index (χ3n) is 3.00. The van der Waals surface area contributed by atoms with E-state index in [0.717, 1.165) is 36.4 Å². The summed E-state index contributed by atoms with van der Waals surface area (Å²) in [6, 6.07) is 6.55. The summed E-state index contributed by atoms with van der Waals surface area (Å²) in [6.07, 6.45) is -5.28. The summed E-state index contributed by atoms with van der Waals surface area (Å²) in [4.78, 5) is 23.4. The van der Waals surface area contributed by atoms with Gasteiger partial charge in [-0.1, -0.05) is 6.07 Å². The summed E-state index contributed by atoms with van der Waals surface area (Å²) in [5.74, 6) is -3.97. The molecule has 0 aliphatic rings. The predicted molar refractivity (Wildman–Crippen MR) is 79.7 cm³/mol. The van der Waals surface area contributed by atoms with Crippen LogP contribution in [0.4, 0.5) is 33.3 Å². The maximum absolute atomic E-state index is 13.0. The Labute approximate surface area is 138 Å². The van der Waals surface area contributed by atoms with E-state index in [1.807, 2.05) is 0 Å². The Morgan fingerprint density at radius 3 is 2.00 bits per heavy atom. The molecule has 2 N–H and O–H groups in total. The molecule has 0 spiro atoms. The molecule has 2 aromatic carbocycles. The Hall–Kier alpha value is -2.97. The molecule has 0 unspecified atom stereocenters. The zero-order chi connectivity index (χ0) is 18.6. The van der Waals surface area contributed by atoms with Crippen molar-refractivity contribution in [3.63, 3.8) is 0 Å². The molecule has 0 bridgehead atoms. The van der Waals surface area contributed by atoms with Gasteiger partial charge in [0.1, 0.15) is 6.42 Å². The van der Waals surface area contributed by atoms with Crippen molar-refractivity contribution in [2.75, 3.05) is 10.6 Å². The van der Waals surface area contributed by atoms with Gasteiger partial charge >= 0.3 is 6.18 Å². The van der Waals surface area contributed by atoms with Crippen LogP contribution in [0.3, 0.4) is 0 Å². The van der Waals surface area contributed by atoms with Crippen LogP contribution in [0.2, 0.25) is 0 Å². The van der Waals surface area contributed by atoms with Crippen LogP contribution in [0.25, 0.3) is 0 Å². The highest BCUT2D eigenvalue weighted by atomic mass is 19.4. The van der Waals surface area contributed by atoms with Gasteiger partial charge in [0.25, 0.3) is 0 Å². The van der Waals surface area contributed by atoms with E-state index < -0.39 is 41.6 Å². The first-order valence-electron chi connectivity index (χ1n) is 6.87. The fourth-order valence-corrected chi connectivity index (χ4v) is 1.90. The largest absolute Gasteiger partial charge is 0.416 e. The highest BCUT2D eigenvalue weighted by molar-refractivity contribution is 6.08. The number of benzene rings is 2. The molecule has 9 heteroatoms. The Kier molecular flexibility index (Phi) is 5.35. The van der Waals surface area contributed by atoms with E-state index in [9.17, 15) is 31.5 Å². The molecule has 0 aliphatic carbocycles. The fraction of sp³-hybridized carbons (Fsp3) is 0.125. The highest BCUT2D eigenvalue weighted by Crippen LogP contribution is 2.30. The van der Waals surface area contributed by atoms with Gasteiger partial charge in [-0.15, -0.1) is 0 Å². The smallest absolute Gasteiger partial charge is 0.326 e. The molecule has 0 radical (unpaired) electrons. The van der Waals surface area contributed by atoms with E-state index in [-0.39, 0.29) is 11.4 Å². The van der Waals surface area contributed by atoms with Gasteiger partial charge in [0.15, 0.2) is 11.6 Å². The number of carbonyl (C=O) groups excluding carboxylic acids is 2. The van der Waals surface area contributed by atoms with Crippen molar-refractivity contribution in [1.82, 2.24) is 0 Å². The molecule has 25 heavy (non-hydrogen) atoms. The Morgan fingerprint density at radius 1 is 0.840 bits per heavy atom. The molecule has 0 saturated heterocycles. The van der Waals surface area contributed by atoms with Crippen LogP contribution in [0.15, 0.2) is 42.5 Å². The fourth-order valence-electron chi connectivity index (χ4n) is 1.90. The molecule has 0 atom stereocenters. The summed E-state index contributed by atoms with van der Waals surface area (Å²) in [5.41, 5.74) is -1.13. The summed E-state index contributed by atoms with van der Waals surface area (Å²) in [5, 5.41) is 4.33. The first-order chi connectivity index (χ1) is 11.6. The molecule has 0 heterocycles. The second kappa shape index (κ2) is 7.29. The van der Waals surface area contributed by atoms with E-state index in [4.69, 9.17) is 0 Å². The molecule has 0 saturated carbocycles. The van der Waals surface area contributed by atoms with Gasteiger partial charge in [0, 0.05) is 17.4 Å². The molecular formula is C16H11F5N2O2. The molecule has 132 valence electrons. The number of alkyl halides is 3. The van der Waals surface area contributed by atoms with Crippen molar-refractivity contribution < 1.29 is 31.5 Å². The van der Waals surface area contributed by atoms with Crippen molar-refractivity contribution >= 4 is 23.2 Å². The quantitative estimate of drug-likeness (QED) is 0.642. The predicted octanol–water partition coefficient (Wildman–Crippen LogP) is 3.95. The first-order valence-corrected chi connectivity index (χ1v) is 6.87. The summed E-state index contributed by atoms with van der Waals surface area (Å²) >= 11 is 0. The molecule has 2 amide bonds. The van der Waals surface area contributed by atoms with Crippen molar-refractivity contribution in [3.05, 3.63) is 59.7 Å². The van der Waals surface area contributed by atoms with Gasteiger partial charge in [0.2, 0.25) is 11.8 Å². The normalized spacial score (nSPS) is 11.1. The molecule has 0 aliphatic heterocycles.